The maximum atomic E-state index is 13.1. The number of allylic oxidation sites excluding steroid dienone is 2. The number of amides is 3. The van der Waals surface area contributed by atoms with Gasteiger partial charge in [0.25, 0.3) is 0 Å². The molecule has 1 aromatic heterocycles. The van der Waals surface area contributed by atoms with Crippen molar-refractivity contribution in [3.8, 4) is 0 Å². The lowest BCUT2D eigenvalue weighted by atomic mass is 9.95. The van der Waals surface area contributed by atoms with Gasteiger partial charge in [-0.1, -0.05) is 12.7 Å². The number of aromatic nitrogens is 1. The first-order valence-corrected chi connectivity index (χ1v) is 12.1. The van der Waals surface area contributed by atoms with Crippen LogP contribution in [0.1, 0.15) is 59.4 Å². The number of ether oxygens (including phenoxy) is 2. The van der Waals surface area contributed by atoms with Gasteiger partial charge in [0, 0.05) is 13.5 Å². The number of anilines is 2. The maximum absolute atomic E-state index is 13.1. The fourth-order valence-electron chi connectivity index (χ4n) is 3.70. The number of hydrogen-bond acceptors (Lipinski definition) is 7. The summed E-state index contributed by atoms with van der Waals surface area (Å²) in [5.74, 6) is -1.27. The summed E-state index contributed by atoms with van der Waals surface area (Å²) in [7, 11) is 0. The van der Waals surface area contributed by atoms with Crippen molar-refractivity contribution in [3.05, 3.63) is 54.0 Å². The summed E-state index contributed by atoms with van der Waals surface area (Å²) in [5.41, 5.74) is 0.870. The highest BCUT2D eigenvalue weighted by Gasteiger charge is 2.32. The van der Waals surface area contributed by atoms with Gasteiger partial charge < -0.3 is 19.7 Å². The van der Waals surface area contributed by atoms with Crippen LogP contribution >= 0.6 is 0 Å². The Bertz CT molecular complexity index is 1120. The van der Waals surface area contributed by atoms with Crippen molar-refractivity contribution in [1.29, 1.82) is 0 Å². The number of rotatable bonds is 6. The van der Waals surface area contributed by atoms with Crippen LogP contribution in [-0.4, -0.2) is 51.9 Å². The van der Waals surface area contributed by atoms with E-state index in [4.69, 9.17) is 9.47 Å². The quantitative estimate of drug-likeness (QED) is 0.246. The van der Waals surface area contributed by atoms with Crippen LogP contribution in [0, 0.1) is 6.92 Å². The predicted octanol–water partition coefficient (Wildman–Crippen LogP) is 4.64. The molecule has 10 heteroatoms. The van der Waals surface area contributed by atoms with E-state index >= 15 is 0 Å². The molecule has 0 radical (unpaired) electrons. The third-order valence-corrected chi connectivity index (χ3v) is 5.35. The molecule has 1 atom stereocenters. The summed E-state index contributed by atoms with van der Waals surface area (Å²) in [5, 5.41) is 5.15. The lowest BCUT2D eigenvalue weighted by molar-refractivity contribution is -0.145. The normalized spacial score (nSPS) is 16.2. The topological polar surface area (TPSA) is 127 Å². The zero-order valence-corrected chi connectivity index (χ0v) is 22.3. The lowest BCUT2D eigenvalue weighted by Crippen LogP contribution is -2.48. The van der Waals surface area contributed by atoms with Crippen molar-refractivity contribution >= 4 is 35.4 Å². The van der Waals surface area contributed by atoms with Crippen molar-refractivity contribution in [3.63, 3.8) is 0 Å². The Labute approximate surface area is 217 Å². The number of pyridine rings is 1. The fourth-order valence-corrected chi connectivity index (χ4v) is 3.70. The van der Waals surface area contributed by atoms with Crippen LogP contribution in [0.15, 0.2) is 48.4 Å². The second-order valence-electron chi connectivity index (χ2n) is 9.67. The first kappa shape index (κ1) is 29.3. The van der Waals surface area contributed by atoms with E-state index in [0.717, 1.165) is 12.8 Å². The molecule has 0 spiro atoms. The summed E-state index contributed by atoms with van der Waals surface area (Å²) < 4.78 is 10.3. The van der Waals surface area contributed by atoms with Crippen LogP contribution in [0.5, 0.6) is 0 Å². The molecule has 2 heterocycles. The molecule has 2 rings (SSSR count). The van der Waals surface area contributed by atoms with Crippen molar-refractivity contribution in [2.75, 3.05) is 17.2 Å². The van der Waals surface area contributed by atoms with E-state index in [-0.39, 0.29) is 11.9 Å². The van der Waals surface area contributed by atoms with Crippen molar-refractivity contribution in [1.82, 2.24) is 9.88 Å². The standard InChI is InChI=1S/C27H36N4O6/c1-8-21(36-19(4)32)13-12-17(2)22-11-9-10-14-31(22)25(34)24(33)29-20-15-18(3)23(28-16-20)30-26(35)37-27(5,6)7/h8,12-13,15-16,22H,2,9-11,14H2,1,3-7H3,(H,29,33)(H,28,30,35)/b13-12-,21-8+/t22-/m0/s1. The second kappa shape index (κ2) is 12.8. The number of carbonyl (C=O) groups is 4. The predicted molar refractivity (Wildman–Crippen MR) is 141 cm³/mol. The van der Waals surface area contributed by atoms with Crippen molar-refractivity contribution < 1.29 is 28.7 Å². The Morgan fingerprint density at radius 1 is 1.16 bits per heavy atom. The molecule has 0 bridgehead atoms. The molecule has 0 aromatic carbocycles. The van der Waals surface area contributed by atoms with Gasteiger partial charge in [-0.05, 0) is 83.2 Å². The number of aryl methyl sites for hydroxylation is 1. The molecule has 1 aliphatic rings. The number of piperidine rings is 1. The van der Waals surface area contributed by atoms with Gasteiger partial charge in [0.05, 0.1) is 17.9 Å². The highest BCUT2D eigenvalue weighted by atomic mass is 16.6. The van der Waals surface area contributed by atoms with E-state index in [0.29, 0.717) is 35.5 Å². The van der Waals surface area contributed by atoms with Crippen molar-refractivity contribution in [2.24, 2.45) is 0 Å². The summed E-state index contributed by atoms with van der Waals surface area (Å²) in [6.45, 7) is 14.5. The molecule has 2 N–H and O–H groups in total. The first-order chi connectivity index (χ1) is 17.3. The minimum Gasteiger partial charge on any atom is -0.444 e. The summed E-state index contributed by atoms with van der Waals surface area (Å²) in [4.78, 5) is 54.8. The van der Waals surface area contributed by atoms with Crippen LogP contribution in [0.25, 0.3) is 0 Å². The maximum Gasteiger partial charge on any atom is 0.413 e. The summed E-state index contributed by atoms with van der Waals surface area (Å²) in [6, 6.07) is 1.24. The van der Waals surface area contributed by atoms with Gasteiger partial charge in [-0.15, -0.1) is 0 Å². The minimum absolute atomic E-state index is 0.284. The molecule has 1 saturated heterocycles. The zero-order valence-electron chi connectivity index (χ0n) is 22.3. The van der Waals surface area contributed by atoms with Crippen LogP contribution in [0.2, 0.25) is 0 Å². The van der Waals surface area contributed by atoms with Crippen LogP contribution < -0.4 is 10.6 Å². The third kappa shape index (κ3) is 9.21. The van der Waals surface area contributed by atoms with Crippen LogP contribution in [0.4, 0.5) is 16.3 Å². The molecule has 0 aliphatic carbocycles. The Balaban J connectivity index is 2.07. The average Bonchev–Trinajstić information content (AvgIpc) is 2.81. The van der Waals surface area contributed by atoms with Gasteiger partial charge >= 0.3 is 23.9 Å². The van der Waals surface area contributed by atoms with E-state index in [1.807, 2.05) is 0 Å². The molecule has 0 saturated carbocycles. The third-order valence-electron chi connectivity index (χ3n) is 5.35. The molecule has 1 fully saturated rings. The van der Waals surface area contributed by atoms with E-state index in [9.17, 15) is 19.2 Å². The summed E-state index contributed by atoms with van der Waals surface area (Å²) >= 11 is 0. The Morgan fingerprint density at radius 2 is 1.86 bits per heavy atom. The van der Waals surface area contributed by atoms with Gasteiger partial charge in [0.2, 0.25) is 0 Å². The smallest absolute Gasteiger partial charge is 0.413 e. The van der Waals surface area contributed by atoms with Gasteiger partial charge in [0.15, 0.2) is 0 Å². The molecule has 37 heavy (non-hydrogen) atoms. The molecular weight excluding hydrogens is 476 g/mol. The van der Waals surface area contributed by atoms with E-state index in [2.05, 4.69) is 22.2 Å². The Morgan fingerprint density at radius 3 is 2.46 bits per heavy atom. The minimum atomic E-state index is -0.799. The second-order valence-corrected chi connectivity index (χ2v) is 9.67. The monoisotopic (exact) mass is 512 g/mol. The molecule has 1 aliphatic heterocycles. The number of nitrogens with zero attached hydrogens (tertiary/aromatic N) is 2. The number of nitrogens with one attached hydrogen (secondary N) is 2. The highest BCUT2D eigenvalue weighted by Crippen LogP contribution is 2.24. The number of hydrogen-bond donors (Lipinski definition) is 2. The van der Waals surface area contributed by atoms with Gasteiger partial charge in [-0.3, -0.25) is 19.7 Å². The van der Waals surface area contributed by atoms with Crippen LogP contribution in [0.3, 0.4) is 0 Å². The van der Waals surface area contributed by atoms with Gasteiger partial charge in [-0.2, -0.15) is 0 Å². The Hall–Kier alpha value is -3.95. The van der Waals surface area contributed by atoms with Crippen molar-refractivity contribution in [2.45, 2.75) is 72.4 Å². The number of esters is 1. The van der Waals surface area contributed by atoms with E-state index < -0.39 is 29.5 Å². The largest absolute Gasteiger partial charge is 0.444 e. The Kier molecular flexibility index (Phi) is 10.2. The highest BCUT2D eigenvalue weighted by molar-refractivity contribution is 6.39. The van der Waals surface area contributed by atoms with Gasteiger partial charge in [0.1, 0.15) is 17.2 Å². The summed E-state index contributed by atoms with van der Waals surface area (Å²) in [6.07, 6.45) is 7.98. The first-order valence-electron chi connectivity index (χ1n) is 12.1. The van der Waals surface area contributed by atoms with Crippen LogP contribution in [-0.2, 0) is 23.9 Å². The molecule has 200 valence electrons. The molecule has 0 unspecified atom stereocenters. The number of likely N-dealkylation sites (tertiary alicyclic amines) is 1. The molecule has 3 amide bonds. The average molecular weight is 513 g/mol. The molecule has 10 nitrogen and oxygen atoms in total. The fraction of sp³-hybridized carbons (Fsp3) is 0.444. The molecule has 1 aromatic rings. The van der Waals surface area contributed by atoms with E-state index in [1.165, 1.54) is 18.0 Å². The van der Waals surface area contributed by atoms with E-state index in [1.54, 1.807) is 58.9 Å². The SMILES string of the molecule is C=C(/C=C\C(=C/C)OC(C)=O)[C@@H]1CCCCN1C(=O)C(=O)Nc1cnc(NC(=O)OC(C)(C)C)c(C)c1. The molecular formula is C27H36N4O6. The lowest BCUT2D eigenvalue weighted by Gasteiger charge is -2.35. The number of carbonyl (C=O) groups excluding carboxylic acids is 4. The van der Waals surface area contributed by atoms with Gasteiger partial charge in [-0.25, -0.2) is 9.78 Å². The zero-order chi connectivity index (χ0) is 27.8.